The Morgan fingerprint density at radius 2 is 1.53 bits per heavy atom. The fourth-order valence-corrected chi connectivity index (χ4v) is 0.790. The lowest BCUT2D eigenvalue weighted by atomic mass is 10.1. The summed E-state index contributed by atoms with van der Waals surface area (Å²) in [6.45, 7) is 0.883. The lowest BCUT2D eigenvalue weighted by Gasteiger charge is -2.05. The van der Waals surface area contributed by atoms with Crippen LogP contribution >= 0.6 is 15.9 Å². The molecule has 7 heteroatoms. The molecule has 0 saturated heterocycles. The second kappa shape index (κ2) is 9.98. The van der Waals surface area contributed by atoms with Crippen LogP contribution in [0.2, 0.25) is 6.32 Å². The Bertz CT molecular complexity index is 179. The Morgan fingerprint density at radius 3 is 2.00 bits per heavy atom. The fraction of sp³-hybridized carbons (Fsp3) is 0.750. The SMILES string of the molecule is [B]CC(=O)OCCOCCOC(=O)CBr. The van der Waals surface area contributed by atoms with Crippen LogP contribution in [-0.2, 0) is 23.8 Å². The Kier molecular flexibility index (Phi) is 9.61. The summed E-state index contributed by atoms with van der Waals surface area (Å²) in [6, 6.07) is 0. The van der Waals surface area contributed by atoms with E-state index in [0.717, 1.165) is 0 Å². The fourth-order valence-electron chi connectivity index (χ4n) is 0.628. The Hall–Kier alpha value is -0.555. The van der Waals surface area contributed by atoms with Crippen molar-refractivity contribution < 1.29 is 23.8 Å². The van der Waals surface area contributed by atoms with Gasteiger partial charge in [-0.25, -0.2) is 0 Å². The predicted octanol–water partition coefficient (Wildman–Crippen LogP) is 0.0711. The van der Waals surface area contributed by atoms with Gasteiger partial charge in [-0.1, -0.05) is 15.9 Å². The van der Waals surface area contributed by atoms with Gasteiger partial charge < -0.3 is 14.2 Å². The van der Waals surface area contributed by atoms with E-state index in [-0.39, 0.29) is 44.0 Å². The molecule has 2 radical (unpaired) electrons. The quantitative estimate of drug-likeness (QED) is 0.272. The maximum absolute atomic E-state index is 10.6. The van der Waals surface area contributed by atoms with Crippen LogP contribution in [0.25, 0.3) is 0 Å². The first-order valence-corrected chi connectivity index (χ1v) is 5.48. The van der Waals surface area contributed by atoms with E-state index in [0.29, 0.717) is 0 Å². The van der Waals surface area contributed by atoms with Gasteiger partial charge in [0.1, 0.15) is 18.5 Å². The number of hydrogen-bond acceptors (Lipinski definition) is 5. The van der Waals surface area contributed by atoms with Crippen molar-refractivity contribution in [1.82, 2.24) is 0 Å². The molecule has 0 amide bonds. The minimum atomic E-state index is -0.468. The highest BCUT2D eigenvalue weighted by Crippen LogP contribution is 1.87. The first-order valence-electron chi connectivity index (χ1n) is 4.35. The summed E-state index contributed by atoms with van der Waals surface area (Å²) in [4.78, 5) is 21.2. The molecule has 0 fully saturated rings. The number of alkyl halides is 1. The third-order valence-electron chi connectivity index (χ3n) is 1.26. The normalized spacial score (nSPS) is 9.67. The van der Waals surface area contributed by atoms with Gasteiger partial charge in [0, 0.05) is 6.32 Å². The van der Waals surface area contributed by atoms with E-state index < -0.39 is 5.97 Å². The van der Waals surface area contributed by atoms with Crippen LogP contribution < -0.4 is 0 Å². The summed E-state index contributed by atoms with van der Waals surface area (Å²) in [5, 5.41) is 0.168. The van der Waals surface area contributed by atoms with E-state index in [9.17, 15) is 9.59 Å². The molecular weight excluding hydrogens is 267 g/mol. The van der Waals surface area contributed by atoms with Crippen molar-refractivity contribution >= 4 is 35.7 Å². The molecule has 0 aliphatic heterocycles. The van der Waals surface area contributed by atoms with Crippen LogP contribution in [-0.4, -0.2) is 51.5 Å². The van der Waals surface area contributed by atoms with Gasteiger partial charge in [-0.2, -0.15) is 0 Å². The lowest BCUT2D eigenvalue weighted by molar-refractivity contribution is -0.143. The summed E-state index contributed by atoms with van der Waals surface area (Å²) >= 11 is 2.95. The monoisotopic (exact) mass is 278 g/mol. The van der Waals surface area contributed by atoms with E-state index in [2.05, 4.69) is 20.7 Å². The maximum Gasteiger partial charge on any atom is 0.316 e. The summed E-state index contributed by atoms with van der Waals surface area (Å²) < 4.78 is 14.4. The average molecular weight is 279 g/mol. The Balaban J connectivity index is 3.11. The molecule has 15 heavy (non-hydrogen) atoms. The van der Waals surface area contributed by atoms with Gasteiger partial charge >= 0.3 is 5.97 Å². The van der Waals surface area contributed by atoms with Crippen molar-refractivity contribution in [3.8, 4) is 0 Å². The molecule has 0 unspecified atom stereocenters. The maximum atomic E-state index is 10.6. The van der Waals surface area contributed by atoms with Crippen LogP contribution in [0.4, 0.5) is 0 Å². The summed E-state index contributed by atoms with van der Waals surface area (Å²) in [5.74, 6) is -0.808. The molecule has 0 rings (SSSR count). The zero-order valence-corrected chi connectivity index (χ0v) is 9.83. The van der Waals surface area contributed by atoms with Crippen molar-refractivity contribution in [2.24, 2.45) is 0 Å². The van der Waals surface area contributed by atoms with Crippen molar-refractivity contribution in [3.05, 3.63) is 0 Å². The highest BCUT2D eigenvalue weighted by molar-refractivity contribution is 9.09. The van der Waals surface area contributed by atoms with Crippen LogP contribution in [0.1, 0.15) is 0 Å². The van der Waals surface area contributed by atoms with Crippen molar-refractivity contribution in [2.75, 3.05) is 31.8 Å². The number of rotatable bonds is 8. The van der Waals surface area contributed by atoms with Gasteiger partial charge in [0.05, 0.1) is 21.1 Å². The summed E-state index contributed by atoms with van der Waals surface area (Å²) in [7, 11) is 5.01. The molecule has 0 bridgehead atoms. The van der Waals surface area contributed by atoms with Gasteiger partial charge in [-0.15, -0.1) is 0 Å². The van der Waals surface area contributed by atoms with Gasteiger partial charge in [0.25, 0.3) is 5.97 Å². The topological polar surface area (TPSA) is 61.8 Å². The summed E-state index contributed by atoms with van der Waals surface area (Å²) in [5.41, 5.74) is 0. The Morgan fingerprint density at radius 1 is 1.00 bits per heavy atom. The largest absolute Gasteiger partial charge is 0.464 e. The van der Waals surface area contributed by atoms with Crippen LogP contribution in [0, 0.1) is 0 Å². The summed E-state index contributed by atoms with van der Waals surface area (Å²) in [6.07, 6.45) is -0.136. The molecule has 84 valence electrons. The molecule has 0 aromatic rings. The van der Waals surface area contributed by atoms with Gasteiger partial charge in [0.2, 0.25) is 0 Å². The van der Waals surface area contributed by atoms with E-state index in [1.807, 2.05) is 0 Å². The van der Waals surface area contributed by atoms with Crippen molar-refractivity contribution in [1.29, 1.82) is 0 Å². The molecular formula is C8H12BBrO5. The highest BCUT2D eigenvalue weighted by Gasteiger charge is 1.99. The van der Waals surface area contributed by atoms with Crippen LogP contribution in [0.5, 0.6) is 0 Å². The standard InChI is InChI=1S/C8H12BBrO5/c9-5-7(11)14-3-1-13-2-4-15-8(12)6-10/h1-6H2. The van der Waals surface area contributed by atoms with E-state index >= 15 is 0 Å². The van der Waals surface area contributed by atoms with E-state index in [1.165, 1.54) is 0 Å². The number of ether oxygens (including phenoxy) is 3. The molecule has 0 aromatic carbocycles. The number of hydrogen-bond donors (Lipinski definition) is 0. The van der Waals surface area contributed by atoms with E-state index in [4.69, 9.17) is 17.3 Å². The number of carbonyl (C=O) groups excluding carboxylic acids is 2. The molecule has 0 aliphatic carbocycles. The van der Waals surface area contributed by atoms with Crippen molar-refractivity contribution in [3.63, 3.8) is 0 Å². The Labute approximate surface area is 98.0 Å². The van der Waals surface area contributed by atoms with Crippen LogP contribution in [0.3, 0.4) is 0 Å². The first-order chi connectivity index (χ1) is 7.20. The molecule has 0 saturated carbocycles. The van der Waals surface area contributed by atoms with Gasteiger partial charge in [-0.05, 0) is 0 Å². The molecule has 0 N–H and O–H groups in total. The number of carbonyl (C=O) groups is 2. The average Bonchev–Trinajstić information content (AvgIpc) is 2.26. The van der Waals surface area contributed by atoms with Crippen LogP contribution in [0.15, 0.2) is 0 Å². The number of halogens is 1. The lowest BCUT2D eigenvalue weighted by Crippen LogP contribution is -2.14. The third-order valence-corrected chi connectivity index (χ3v) is 1.72. The molecule has 0 spiro atoms. The second-order valence-corrected chi connectivity index (χ2v) is 2.95. The zero-order chi connectivity index (χ0) is 11.5. The molecule has 0 heterocycles. The highest BCUT2D eigenvalue weighted by atomic mass is 79.9. The molecule has 5 nitrogen and oxygen atoms in total. The smallest absolute Gasteiger partial charge is 0.316 e. The predicted molar refractivity (Wildman–Crippen MR) is 57.1 cm³/mol. The molecule has 0 atom stereocenters. The van der Waals surface area contributed by atoms with Gasteiger partial charge in [-0.3, -0.25) is 9.59 Å². The van der Waals surface area contributed by atoms with Gasteiger partial charge in [0.15, 0.2) is 0 Å². The number of esters is 2. The molecule has 0 aromatic heterocycles. The van der Waals surface area contributed by atoms with E-state index in [1.54, 1.807) is 0 Å². The third kappa shape index (κ3) is 9.74. The first kappa shape index (κ1) is 14.4. The molecule has 0 aliphatic rings. The minimum Gasteiger partial charge on any atom is -0.464 e. The zero-order valence-electron chi connectivity index (χ0n) is 8.24. The minimum absolute atomic E-state index is 0.136. The second-order valence-electron chi connectivity index (χ2n) is 2.39. The van der Waals surface area contributed by atoms with Crippen molar-refractivity contribution in [2.45, 2.75) is 6.32 Å².